The van der Waals surface area contributed by atoms with E-state index in [2.05, 4.69) is 30.3 Å². The number of benzene rings is 3. The lowest BCUT2D eigenvalue weighted by atomic mass is 9.96. The average Bonchev–Trinajstić information content (AvgIpc) is 2.50. The minimum absolute atomic E-state index is 0.262. The maximum absolute atomic E-state index is 10.8. The Morgan fingerprint density at radius 1 is 1.00 bits per heavy atom. The highest BCUT2D eigenvalue weighted by Gasteiger charge is 2.04. The van der Waals surface area contributed by atoms with Gasteiger partial charge in [-0.15, -0.1) is 0 Å². The van der Waals surface area contributed by atoms with Crippen LogP contribution in [0, 0.1) is 0 Å². The second-order valence-corrected chi connectivity index (χ2v) is 4.94. The first-order valence-electron chi connectivity index (χ1n) is 6.96. The Labute approximate surface area is 123 Å². The Bertz CT molecular complexity index is 777. The zero-order valence-corrected chi connectivity index (χ0v) is 11.9. The molecule has 3 aromatic rings. The minimum Gasteiger partial charge on any atom is -0.462 e. The van der Waals surface area contributed by atoms with E-state index in [1.54, 1.807) is 0 Å². The van der Waals surface area contributed by atoms with E-state index in [0.29, 0.717) is 6.61 Å². The van der Waals surface area contributed by atoms with Crippen LogP contribution in [0.2, 0.25) is 0 Å². The van der Waals surface area contributed by atoms with Gasteiger partial charge < -0.3 is 4.74 Å². The third kappa shape index (κ3) is 2.79. The summed E-state index contributed by atoms with van der Waals surface area (Å²) in [6.07, 6.45) is 3.92. The summed E-state index contributed by atoms with van der Waals surface area (Å²) in [6, 6.07) is 18.8. The van der Waals surface area contributed by atoms with E-state index in [4.69, 9.17) is 4.74 Å². The number of hydrogen-bond donors (Lipinski definition) is 0. The number of carbonyl (C=O) groups excluding carboxylic acids is 1. The molecule has 2 heteroatoms. The highest BCUT2D eigenvalue weighted by Crippen LogP contribution is 2.29. The van der Waals surface area contributed by atoms with Gasteiger partial charge in [0, 0.05) is 6.92 Å². The van der Waals surface area contributed by atoms with Gasteiger partial charge in [0.1, 0.15) is 6.61 Å². The summed E-state index contributed by atoms with van der Waals surface area (Å²) in [6.45, 7) is 1.72. The third-order valence-electron chi connectivity index (χ3n) is 3.48. The predicted molar refractivity (Wildman–Crippen MR) is 87.1 cm³/mol. The van der Waals surface area contributed by atoms with Crippen molar-refractivity contribution >= 4 is 33.6 Å². The fraction of sp³-hybridized carbons (Fsp3) is 0.105. The van der Waals surface area contributed by atoms with Gasteiger partial charge >= 0.3 is 5.97 Å². The lowest BCUT2D eigenvalue weighted by Crippen LogP contribution is -1.97. The largest absolute Gasteiger partial charge is 0.462 e. The zero-order chi connectivity index (χ0) is 14.7. The van der Waals surface area contributed by atoms with E-state index in [-0.39, 0.29) is 5.97 Å². The molecule has 0 spiro atoms. The van der Waals surface area contributed by atoms with Crippen LogP contribution in [0.1, 0.15) is 12.5 Å². The first-order valence-corrected chi connectivity index (χ1v) is 6.96. The van der Waals surface area contributed by atoms with Crippen LogP contribution in [0.4, 0.5) is 0 Å². The maximum Gasteiger partial charge on any atom is 0.302 e. The Balaban J connectivity index is 2.13. The van der Waals surface area contributed by atoms with Crippen LogP contribution < -0.4 is 0 Å². The van der Waals surface area contributed by atoms with Crippen molar-refractivity contribution in [3.63, 3.8) is 0 Å². The molecule has 0 radical (unpaired) electrons. The van der Waals surface area contributed by atoms with Crippen molar-refractivity contribution in [1.82, 2.24) is 0 Å². The first-order chi connectivity index (χ1) is 10.3. The molecule has 3 rings (SSSR count). The van der Waals surface area contributed by atoms with Crippen molar-refractivity contribution < 1.29 is 9.53 Å². The Morgan fingerprint density at radius 3 is 2.14 bits per heavy atom. The topological polar surface area (TPSA) is 26.3 Å². The van der Waals surface area contributed by atoms with Gasteiger partial charge in [-0.05, 0) is 39.3 Å². The molecular formula is C19H16O2. The van der Waals surface area contributed by atoms with E-state index >= 15 is 0 Å². The Kier molecular flexibility index (Phi) is 3.69. The molecule has 0 heterocycles. The molecular weight excluding hydrogens is 260 g/mol. The molecule has 3 aromatic carbocycles. The monoisotopic (exact) mass is 276 g/mol. The quantitative estimate of drug-likeness (QED) is 0.517. The highest BCUT2D eigenvalue weighted by molar-refractivity contribution is 6.06. The standard InChI is InChI=1S/C19H16O2/c1-14(20)21-12-6-11-19-17-9-4-2-7-15(17)13-16-8-3-5-10-18(16)19/h2-11,13H,12H2,1H3/b11-6+. The fourth-order valence-electron chi connectivity index (χ4n) is 2.56. The van der Waals surface area contributed by atoms with Crippen LogP contribution in [-0.2, 0) is 9.53 Å². The smallest absolute Gasteiger partial charge is 0.302 e. The molecule has 104 valence electrons. The van der Waals surface area contributed by atoms with Crippen molar-refractivity contribution in [2.75, 3.05) is 6.61 Å². The summed E-state index contributed by atoms with van der Waals surface area (Å²) in [7, 11) is 0. The number of rotatable bonds is 3. The van der Waals surface area contributed by atoms with Gasteiger partial charge in [0.15, 0.2) is 0 Å². The molecule has 0 aliphatic heterocycles. The van der Waals surface area contributed by atoms with Crippen LogP contribution >= 0.6 is 0 Å². The molecule has 0 amide bonds. The fourth-order valence-corrected chi connectivity index (χ4v) is 2.56. The van der Waals surface area contributed by atoms with Crippen LogP contribution in [0.25, 0.3) is 27.6 Å². The van der Waals surface area contributed by atoms with Crippen LogP contribution in [-0.4, -0.2) is 12.6 Å². The summed E-state index contributed by atoms with van der Waals surface area (Å²) < 4.78 is 4.96. The van der Waals surface area contributed by atoms with Crippen molar-refractivity contribution in [2.24, 2.45) is 0 Å². The number of fused-ring (bicyclic) bond motifs is 2. The van der Waals surface area contributed by atoms with Gasteiger partial charge in [-0.2, -0.15) is 0 Å². The molecule has 0 N–H and O–H groups in total. The maximum atomic E-state index is 10.8. The van der Waals surface area contributed by atoms with Crippen LogP contribution in [0.5, 0.6) is 0 Å². The number of hydrogen-bond acceptors (Lipinski definition) is 2. The zero-order valence-electron chi connectivity index (χ0n) is 11.9. The van der Waals surface area contributed by atoms with Crippen molar-refractivity contribution in [3.05, 3.63) is 66.2 Å². The summed E-state index contributed by atoms with van der Waals surface area (Å²) in [5, 5.41) is 4.83. The van der Waals surface area contributed by atoms with Crippen molar-refractivity contribution in [3.8, 4) is 0 Å². The van der Waals surface area contributed by atoms with Crippen molar-refractivity contribution in [2.45, 2.75) is 6.92 Å². The molecule has 0 aliphatic carbocycles. The summed E-state index contributed by atoms with van der Waals surface area (Å²) in [5.41, 5.74) is 1.16. The SMILES string of the molecule is CC(=O)OC/C=C/c1c2ccccc2cc2ccccc12. The minimum atomic E-state index is -0.262. The summed E-state index contributed by atoms with van der Waals surface area (Å²) >= 11 is 0. The lowest BCUT2D eigenvalue weighted by molar-refractivity contribution is -0.139. The summed E-state index contributed by atoms with van der Waals surface area (Å²) in [5.74, 6) is -0.262. The first kappa shape index (κ1) is 13.4. The molecule has 0 bridgehead atoms. The second kappa shape index (κ2) is 5.80. The van der Waals surface area contributed by atoms with E-state index in [0.717, 1.165) is 5.56 Å². The summed E-state index contributed by atoms with van der Waals surface area (Å²) in [4.78, 5) is 10.8. The second-order valence-electron chi connectivity index (χ2n) is 4.94. The average molecular weight is 276 g/mol. The molecule has 0 atom stereocenters. The lowest BCUT2D eigenvalue weighted by Gasteiger charge is -2.08. The molecule has 2 nitrogen and oxygen atoms in total. The number of esters is 1. The molecule has 0 aromatic heterocycles. The van der Waals surface area contributed by atoms with Gasteiger partial charge in [-0.25, -0.2) is 0 Å². The third-order valence-corrected chi connectivity index (χ3v) is 3.48. The molecule has 0 fully saturated rings. The Morgan fingerprint density at radius 2 is 1.57 bits per heavy atom. The van der Waals surface area contributed by atoms with E-state index in [1.807, 2.05) is 36.4 Å². The van der Waals surface area contributed by atoms with Gasteiger partial charge in [-0.3, -0.25) is 4.79 Å². The van der Waals surface area contributed by atoms with E-state index in [9.17, 15) is 4.79 Å². The van der Waals surface area contributed by atoms with Gasteiger partial charge in [-0.1, -0.05) is 54.6 Å². The molecule has 0 unspecified atom stereocenters. The molecule has 0 saturated heterocycles. The predicted octanol–water partition coefficient (Wildman–Crippen LogP) is 4.57. The highest BCUT2D eigenvalue weighted by atomic mass is 16.5. The van der Waals surface area contributed by atoms with Gasteiger partial charge in [0.2, 0.25) is 0 Å². The molecule has 21 heavy (non-hydrogen) atoms. The molecule has 0 saturated carbocycles. The van der Waals surface area contributed by atoms with E-state index in [1.165, 1.54) is 28.5 Å². The Hall–Kier alpha value is -2.61. The normalized spacial score (nSPS) is 11.3. The van der Waals surface area contributed by atoms with Crippen LogP contribution in [0.3, 0.4) is 0 Å². The van der Waals surface area contributed by atoms with Gasteiger partial charge in [0.25, 0.3) is 0 Å². The van der Waals surface area contributed by atoms with Gasteiger partial charge in [0.05, 0.1) is 0 Å². The van der Waals surface area contributed by atoms with Crippen LogP contribution in [0.15, 0.2) is 60.7 Å². The van der Waals surface area contributed by atoms with Crippen molar-refractivity contribution in [1.29, 1.82) is 0 Å². The number of ether oxygens (including phenoxy) is 1. The molecule has 0 aliphatic rings. The number of carbonyl (C=O) groups is 1. The van der Waals surface area contributed by atoms with E-state index < -0.39 is 0 Å².